The van der Waals surface area contributed by atoms with Crippen LogP contribution in [0.3, 0.4) is 0 Å². The van der Waals surface area contributed by atoms with Crippen LogP contribution in [0.15, 0.2) is 12.1 Å². The van der Waals surface area contributed by atoms with E-state index in [0.29, 0.717) is 18.8 Å². The van der Waals surface area contributed by atoms with Gasteiger partial charge in [-0.25, -0.2) is 4.39 Å². The maximum absolute atomic E-state index is 14.2. The summed E-state index contributed by atoms with van der Waals surface area (Å²) in [4.78, 5) is 13.2. The molecule has 1 atom stereocenters. The van der Waals surface area contributed by atoms with E-state index < -0.39 is 11.7 Å². The molecule has 5 nitrogen and oxygen atoms in total. The van der Waals surface area contributed by atoms with Crippen molar-refractivity contribution in [2.75, 3.05) is 30.9 Å². The van der Waals surface area contributed by atoms with E-state index in [0.717, 1.165) is 12.5 Å². The summed E-state index contributed by atoms with van der Waals surface area (Å²) in [5.74, 6) is -1.14. The molecule has 0 aliphatic carbocycles. The van der Waals surface area contributed by atoms with E-state index in [1.54, 1.807) is 7.11 Å². The van der Waals surface area contributed by atoms with E-state index in [4.69, 9.17) is 16.2 Å². The third-order valence-electron chi connectivity index (χ3n) is 3.35. The molecule has 1 amide bonds. The molecule has 1 aromatic rings. The molecule has 4 N–H and O–H groups in total. The zero-order chi connectivity index (χ0) is 15.3. The number of rotatable bonds is 7. The van der Waals surface area contributed by atoms with Crippen molar-refractivity contribution >= 4 is 17.3 Å². The van der Waals surface area contributed by atoms with E-state index in [2.05, 4.69) is 0 Å². The van der Waals surface area contributed by atoms with Gasteiger partial charge < -0.3 is 21.1 Å². The van der Waals surface area contributed by atoms with Gasteiger partial charge in [0.15, 0.2) is 0 Å². The summed E-state index contributed by atoms with van der Waals surface area (Å²) in [5, 5.41) is 0. The first-order chi connectivity index (χ1) is 9.42. The van der Waals surface area contributed by atoms with E-state index in [1.165, 1.54) is 6.07 Å². The first kappa shape index (κ1) is 16.2. The summed E-state index contributed by atoms with van der Waals surface area (Å²) >= 11 is 0. The van der Waals surface area contributed by atoms with Crippen LogP contribution in [0.2, 0.25) is 0 Å². The van der Waals surface area contributed by atoms with Gasteiger partial charge in [0.2, 0.25) is 0 Å². The van der Waals surface area contributed by atoms with Crippen LogP contribution < -0.4 is 16.4 Å². The number of hydrogen-bond acceptors (Lipinski definition) is 4. The van der Waals surface area contributed by atoms with Crippen molar-refractivity contribution in [1.29, 1.82) is 0 Å². The van der Waals surface area contributed by atoms with Crippen LogP contribution in [0.5, 0.6) is 0 Å². The van der Waals surface area contributed by atoms with Gasteiger partial charge in [0, 0.05) is 25.4 Å². The number of benzene rings is 1. The van der Waals surface area contributed by atoms with E-state index in [9.17, 15) is 9.18 Å². The Hall–Kier alpha value is -1.82. The zero-order valence-electron chi connectivity index (χ0n) is 12.1. The molecule has 112 valence electrons. The maximum atomic E-state index is 14.2. The molecule has 0 aromatic heterocycles. The average Bonchev–Trinajstić information content (AvgIpc) is 2.40. The highest BCUT2D eigenvalue weighted by atomic mass is 19.1. The number of primary amides is 1. The van der Waals surface area contributed by atoms with E-state index in [-0.39, 0.29) is 17.3 Å². The number of nitrogen functional groups attached to an aromatic ring is 1. The van der Waals surface area contributed by atoms with Crippen LogP contribution in [0, 0.1) is 5.82 Å². The molecular formula is C14H22FN3O2. The van der Waals surface area contributed by atoms with Gasteiger partial charge >= 0.3 is 0 Å². The van der Waals surface area contributed by atoms with Gasteiger partial charge in [-0.2, -0.15) is 0 Å². The number of ether oxygens (including phenoxy) is 1. The van der Waals surface area contributed by atoms with Crippen LogP contribution in [0.4, 0.5) is 15.8 Å². The second-order valence-corrected chi connectivity index (χ2v) is 4.70. The lowest BCUT2D eigenvalue weighted by molar-refractivity contribution is 0.100. The molecule has 0 bridgehead atoms. The highest BCUT2D eigenvalue weighted by Gasteiger charge is 2.20. The fourth-order valence-electron chi connectivity index (χ4n) is 2.00. The largest absolute Gasteiger partial charge is 0.398 e. The van der Waals surface area contributed by atoms with Crippen LogP contribution in [0.1, 0.15) is 30.6 Å². The van der Waals surface area contributed by atoms with Gasteiger partial charge in [-0.15, -0.1) is 0 Å². The Labute approximate surface area is 118 Å². The van der Waals surface area contributed by atoms with E-state index in [1.807, 2.05) is 18.7 Å². The number of amides is 1. The van der Waals surface area contributed by atoms with Gasteiger partial charge in [0.05, 0.1) is 17.9 Å². The normalized spacial score (nSPS) is 12.2. The Balaban J connectivity index is 3.24. The third kappa shape index (κ3) is 3.60. The molecule has 0 radical (unpaired) electrons. The Morgan fingerprint density at radius 1 is 1.50 bits per heavy atom. The van der Waals surface area contributed by atoms with Crippen molar-refractivity contribution in [3.8, 4) is 0 Å². The summed E-state index contributed by atoms with van der Waals surface area (Å²) in [6.07, 6.45) is 0.833. The second kappa shape index (κ2) is 7.09. The minimum atomic E-state index is -0.667. The number of carbonyl (C=O) groups excluding carboxylic acids is 1. The van der Waals surface area contributed by atoms with Crippen LogP contribution in [-0.2, 0) is 4.74 Å². The maximum Gasteiger partial charge on any atom is 0.250 e. The van der Waals surface area contributed by atoms with Crippen LogP contribution >= 0.6 is 0 Å². The highest BCUT2D eigenvalue weighted by molar-refractivity contribution is 5.99. The average molecular weight is 283 g/mol. The molecule has 0 aliphatic rings. The molecule has 0 heterocycles. The van der Waals surface area contributed by atoms with Gasteiger partial charge in [-0.1, -0.05) is 6.92 Å². The minimum absolute atomic E-state index is 0.0505. The van der Waals surface area contributed by atoms with Crippen molar-refractivity contribution in [3.05, 3.63) is 23.5 Å². The lowest BCUT2D eigenvalue weighted by Gasteiger charge is -2.31. The molecule has 1 rings (SSSR count). The Morgan fingerprint density at radius 2 is 2.15 bits per heavy atom. The zero-order valence-corrected chi connectivity index (χ0v) is 12.1. The predicted octanol–water partition coefficient (Wildman–Crippen LogP) is 1.76. The van der Waals surface area contributed by atoms with Crippen molar-refractivity contribution in [1.82, 2.24) is 0 Å². The first-order valence-corrected chi connectivity index (χ1v) is 6.56. The molecule has 20 heavy (non-hydrogen) atoms. The Kier molecular flexibility index (Phi) is 5.76. The predicted molar refractivity (Wildman–Crippen MR) is 78.3 cm³/mol. The molecule has 0 fully saturated rings. The van der Waals surface area contributed by atoms with Crippen LogP contribution in [0.25, 0.3) is 0 Å². The lowest BCUT2D eigenvalue weighted by Crippen LogP contribution is -2.36. The molecule has 0 saturated heterocycles. The second-order valence-electron chi connectivity index (χ2n) is 4.70. The lowest BCUT2D eigenvalue weighted by atomic mass is 10.1. The molecule has 0 saturated carbocycles. The van der Waals surface area contributed by atoms with E-state index >= 15 is 0 Å². The number of hydrogen-bond donors (Lipinski definition) is 2. The summed E-state index contributed by atoms with van der Waals surface area (Å²) in [7, 11) is 1.59. The smallest absolute Gasteiger partial charge is 0.250 e. The van der Waals surface area contributed by atoms with Crippen LogP contribution in [-0.4, -0.2) is 32.2 Å². The Bertz CT molecular complexity index is 480. The summed E-state index contributed by atoms with van der Waals surface area (Å²) < 4.78 is 19.2. The van der Waals surface area contributed by atoms with Gasteiger partial charge in [0.1, 0.15) is 5.82 Å². The topological polar surface area (TPSA) is 81.6 Å². The fraction of sp³-hybridized carbons (Fsp3) is 0.500. The summed E-state index contributed by atoms with van der Waals surface area (Å²) in [6, 6.07) is 2.65. The SMILES string of the molecule is CCC(C)N(CCOC)c1cc(C(N)=O)c(N)cc1F. The third-order valence-corrected chi connectivity index (χ3v) is 3.35. The number of anilines is 2. The van der Waals surface area contributed by atoms with Crippen molar-refractivity contribution in [2.24, 2.45) is 5.73 Å². The molecule has 0 spiro atoms. The minimum Gasteiger partial charge on any atom is -0.398 e. The molecule has 1 aromatic carbocycles. The number of methoxy groups -OCH3 is 1. The number of halogens is 1. The number of nitrogens with zero attached hydrogens (tertiary/aromatic N) is 1. The molecule has 1 unspecified atom stereocenters. The summed E-state index contributed by atoms with van der Waals surface area (Å²) in [6.45, 7) is 4.97. The van der Waals surface area contributed by atoms with Crippen molar-refractivity contribution in [3.63, 3.8) is 0 Å². The first-order valence-electron chi connectivity index (χ1n) is 6.56. The molecular weight excluding hydrogens is 261 g/mol. The highest BCUT2D eigenvalue weighted by Crippen LogP contribution is 2.27. The summed E-state index contributed by atoms with van der Waals surface area (Å²) in [5.41, 5.74) is 11.4. The number of carbonyl (C=O) groups is 1. The molecule has 6 heteroatoms. The monoisotopic (exact) mass is 283 g/mol. The van der Waals surface area contributed by atoms with Gasteiger partial charge in [-0.3, -0.25) is 4.79 Å². The standard InChI is InChI=1S/C14H22FN3O2/c1-4-9(2)18(5-6-20-3)13-7-10(14(17)19)12(16)8-11(13)15/h7-9H,4-6,16H2,1-3H3,(H2,17,19). The van der Waals surface area contributed by atoms with Crippen molar-refractivity contribution in [2.45, 2.75) is 26.3 Å². The molecule has 0 aliphatic heterocycles. The number of nitrogens with two attached hydrogens (primary N) is 2. The fourth-order valence-corrected chi connectivity index (χ4v) is 2.00. The van der Waals surface area contributed by atoms with Crippen molar-refractivity contribution < 1.29 is 13.9 Å². The quantitative estimate of drug-likeness (QED) is 0.747. The Morgan fingerprint density at radius 3 is 2.65 bits per heavy atom. The van der Waals surface area contributed by atoms with Gasteiger partial charge in [-0.05, 0) is 25.5 Å². The van der Waals surface area contributed by atoms with Gasteiger partial charge in [0.25, 0.3) is 5.91 Å².